The number of hydrogen-bond donors (Lipinski definition) is 0. The van der Waals surface area contributed by atoms with Crippen molar-refractivity contribution in [2.24, 2.45) is 0 Å². The molecule has 0 unspecified atom stereocenters. The van der Waals surface area contributed by atoms with Crippen LogP contribution < -0.4 is 0 Å². The molecule has 14 aromatic rings. The van der Waals surface area contributed by atoms with Crippen LogP contribution in [0.4, 0.5) is 5.69 Å². The van der Waals surface area contributed by atoms with Crippen molar-refractivity contribution in [3.05, 3.63) is 235 Å². The summed E-state index contributed by atoms with van der Waals surface area (Å²) in [5.74, 6) is 0. The minimum absolute atomic E-state index is 0.392. The summed E-state index contributed by atoms with van der Waals surface area (Å²) in [6, 6.07) is 79.1. The number of benzene rings is 10. The normalized spacial score (nSPS) is 11.8. The number of rotatable bonds is 5. The smallest absolute Gasteiger partial charge is 0.212 e. The lowest BCUT2D eigenvalue weighted by atomic mass is 9.95. The van der Waals surface area contributed by atoms with E-state index in [4.69, 9.17) is 6.57 Å². The molecular formula is C62H36N6. The minimum Gasteiger partial charge on any atom is -0.318 e. The van der Waals surface area contributed by atoms with Crippen LogP contribution in [0, 0.1) is 17.9 Å². The first-order chi connectivity index (χ1) is 33.7. The van der Waals surface area contributed by atoms with Gasteiger partial charge in [-0.05, 0) is 72.3 Å². The first-order valence-electron chi connectivity index (χ1n) is 22.8. The molecule has 0 amide bonds. The van der Waals surface area contributed by atoms with Gasteiger partial charge in [0.15, 0.2) is 0 Å². The summed E-state index contributed by atoms with van der Waals surface area (Å²) in [6.45, 7) is 8.93. The van der Waals surface area contributed by atoms with Gasteiger partial charge >= 0.3 is 0 Å². The molecule has 0 aliphatic carbocycles. The van der Waals surface area contributed by atoms with Crippen LogP contribution >= 0.6 is 0 Å². The van der Waals surface area contributed by atoms with Crippen LogP contribution in [0.1, 0.15) is 5.56 Å². The van der Waals surface area contributed by atoms with Crippen molar-refractivity contribution in [1.29, 1.82) is 5.26 Å². The maximum atomic E-state index is 11.4. The van der Waals surface area contributed by atoms with Crippen LogP contribution in [0.5, 0.6) is 0 Å². The van der Waals surface area contributed by atoms with Gasteiger partial charge in [0.05, 0.1) is 67.6 Å². The number of nitrogens with zero attached hydrogens (tertiary/aromatic N) is 6. The van der Waals surface area contributed by atoms with Crippen LogP contribution in [0.3, 0.4) is 0 Å². The van der Waals surface area contributed by atoms with Gasteiger partial charge in [0.25, 0.3) is 0 Å². The summed E-state index contributed by atoms with van der Waals surface area (Å²) in [7, 11) is 0. The Morgan fingerprint density at radius 3 is 1.22 bits per heavy atom. The Morgan fingerprint density at radius 2 is 0.765 bits per heavy atom. The van der Waals surface area contributed by atoms with Gasteiger partial charge in [-0.3, -0.25) is 0 Å². The van der Waals surface area contributed by atoms with E-state index in [0.717, 1.165) is 110 Å². The molecule has 6 heteroatoms. The quantitative estimate of drug-likeness (QED) is 0.159. The third-order valence-corrected chi connectivity index (χ3v) is 14.0. The number of para-hydroxylation sites is 6. The predicted octanol–water partition coefficient (Wildman–Crippen LogP) is 16.2. The highest BCUT2D eigenvalue weighted by Gasteiger charge is 2.30. The van der Waals surface area contributed by atoms with Crippen LogP contribution in [-0.4, -0.2) is 18.3 Å². The topological polar surface area (TPSA) is 47.9 Å². The molecule has 14 rings (SSSR count). The number of hydrogen-bond acceptors (Lipinski definition) is 1. The summed E-state index contributed by atoms with van der Waals surface area (Å²) in [5, 5.41) is 20.4. The lowest BCUT2D eigenvalue weighted by molar-refractivity contribution is 1.13. The Labute approximate surface area is 390 Å². The molecule has 6 nitrogen and oxygen atoms in total. The van der Waals surface area contributed by atoms with Crippen molar-refractivity contribution >= 4 is 92.9 Å². The van der Waals surface area contributed by atoms with E-state index >= 15 is 0 Å². The number of fused-ring (bicyclic) bond motifs is 14. The Morgan fingerprint density at radius 1 is 0.368 bits per heavy atom. The zero-order valence-corrected chi connectivity index (χ0v) is 36.5. The van der Waals surface area contributed by atoms with E-state index in [1.54, 1.807) is 0 Å². The fraction of sp³-hybridized carbons (Fsp3) is 0. The number of aromatic nitrogens is 4. The summed E-state index contributed by atoms with van der Waals surface area (Å²) in [4.78, 5) is 4.31. The summed E-state index contributed by atoms with van der Waals surface area (Å²) in [5.41, 5.74) is 14.4. The van der Waals surface area contributed by atoms with Crippen LogP contribution in [-0.2, 0) is 0 Å². The Kier molecular flexibility index (Phi) is 8.01. The monoisotopic (exact) mass is 864 g/mol. The van der Waals surface area contributed by atoms with Gasteiger partial charge in [-0.2, -0.15) is 5.26 Å². The fourth-order valence-corrected chi connectivity index (χ4v) is 11.3. The molecule has 4 aromatic heterocycles. The van der Waals surface area contributed by atoms with E-state index in [-0.39, 0.29) is 0 Å². The van der Waals surface area contributed by atoms with E-state index in [1.807, 2.05) is 24.3 Å². The second-order valence-electron chi connectivity index (χ2n) is 17.4. The van der Waals surface area contributed by atoms with E-state index in [0.29, 0.717) is 11.3 Å². The Bertz CT molecular complexity index is 4230. The number of nitriles is 1. The lowest BCUT2D eigenvalue weighted by Crippen LogP contribution is -2.06. The lowest BCUT2D eigenvalue weighted by Gasteiger charge is -2.23. The molecule has 68 heavy (non-hydrogen) atoms. The standard InChI is InChI=1S/C62H36N6/c1-64-49-37-40(38-63)59(67-52-31-17-13-27-47(52)57-54(67)35-33-45-43-25-11-15-29-50(43)65(60(45)57)41-21-7-3-8-22-41)56(39-19-5-2-6-20-39)62(49)68-53-32-18-14-28-48(53)58-55(68)36-34-46-44-26-12-16-30-51(44)66(61(46)58)42-23-9-4-10-24-42/h2-37H. The van der Waals surface area contributed by atoms with Gasteiger partial charge < -0.3 is 18.3 Å². The predicted molar refractivity (Wildman–Crippen MR) is 280 cm³/mol. The zero-order chi connectivity index (χ0) is 45.0. The van der Waals surface area contributed by atoms with Crippen molar-refractivity contribution in [3.63, 3.8) is 0 Å². The maximum absolute atomic E-state index is 11.4. The molecule has 0 atom stereocenters. The van der Waals surface area contributed by atoms with Crippen molar-refractivity contribution in [3.8, 4) is 39.9 Å². The van der Waals surface area contributed by atoms with Crippen molar-refractivity contribution < 1.29 is 0 Å². The van der Waals surface area contributed by atoms with Gasteiger partial charge in [0.1, 0.15) is 6.07 Å². The molecule has 0 aliphatic rings. The van der Waals surface area contributed by atoms with E-state index in [9.17, 15) is 5.26 Å². The van der Waals surface area contributed by atoms with Gasteiger partial charge in [0.2, 0.25) is 5.69 Å². The third kappa shape index (κ3) is 5.09. The molecule has 10 aromatic carbocycles. The van der Waals surface area contributed by atoms with Crippen molar-refractivity contribution in [2.45, 2.75) is 0 Å². The molecule has 0 spiro atoms. The Hall–Kier alpha value is -9.62. The molecule has 0 N–H and O–H groups in total. The zero-order valence-electron chi connectivity index (χ0n) is 36.5. The highest BCUT2D eigenvalue weighted by atomic mass is 15.1. The van der Waals surface area contributed by atoms with E-state index in [1.165, 1.54) is 10.8 Å². The molecule has 0 fully saturated rings. The van der Waals surface area contributed by atoms with Crippen LogP contribution in [0.2, 0.25) is 0 Å². The van der Waals surface area contributed by atoms with Gasteiger partial charge in [-0.25, -0.2) is 4.85 Å². The van der Waals surface area contributed by atoms with Crippen molar-refractivity contribution in [1.82, 2.24) is 18.3 Å². The van der Waals surface area contributed by atoms with E-state index < -0.39 is 0 Å². The van der Waals surface area contributed by atoms with Gasteiger partial charge in [0, 0.05) is 60.0 Å². The first kappa shape index (κ1) is 37.7. The van der Waals surface area contributed by atoms with Crippen molar-refractivity contribution in [2.75, 3.05) is 0 Å². The fourth-order valence-electron chi connectivity index (χ4n) is 11.3. The van der Waals surface area contributed by atoms with Crippen LogP contribution in [0.15, 0.2) is 218 Å². The maximum Gasteiger partial charge on any atom is 0.212 e. The molecule has 314 valence electrons. The molecule has 4 heterocycles. The largest absolute Gasteiger partial charge is 0.318 e. The minimum atomic E-state index is 0.392. The average Bonchev–Trinajstić information content (AvgIpc) is 4.13. The highest BCUT2D eigenvalue weighted by molar-refractivity contribution is 6.28. The molecule has 0 bridgehead atoms. The molecule has 0 saturated heterocycles. The summed E-state index contributed by atoms with van der Waals surface area (Å²) >= 11 is 0. The second kappa shape index (κ2) is 14.4. The van der Waals surface area contributed by atoms with E-state index in [2.05, 4.69) is 223 Å². The summed E-state index contributed by atoms with van der Waals surface area (Å²) in [6.07, 6.45) is 0. The molecule has 0 radical (unpaired) electrons. The summed E-state index contributed by atoms with van der Waals surface area (Å²) < 4.78 is 9.34. The molecular weight excluding hydrogens is 829 g/mol. The second-order valence-corrected chi connectivity index (χ2v) is 17.4. The third-order valence-electron chi connectivity index (χ3n) is 14.0. The Balaban J connectivity index is 1.19. The first-order valence-corrected chi connectivity index (χ1v) is 22.8. The SMILES string of the molecule is [C-]#[N+]c1cc(C#N)c(-n2c3ccccc3c3c2ccc2c4ccccc4n(-c4ccccc4)c23)c(-c2ccccc2)c1-n1c2ccccc2c2c1ccc1c3ccccc3n(-c3ccccc3)c12. The van der Waals surface area contributed by atoms with Crippen LogP contribution in [0.25, 0.3) is 126 Å². The van der Waals surface area contributed by atoms with Gasteiger partial charge in [-0.1, -0.05) is 152 Å². The molecule has 0 saturated carbocycles. The average molecular weight is 865 g/mol. The van der Waals surface area contributed by atoms with Gasteiger partial charge in [-0.15, -0.1) is 0 Å². The molecule has 0 aliphatic heterocycles. The highest BCUT2D eigenvalue weighted by Crippen LogP contribution is 2.50.